The van der Waals surface area contributed by atoms with E-state index >= 15 is 0 Å². The molecule has 0 fully saturated rings. The predicted octanol–water partition coefficient (Wildman–Crippen LogP) is 1.75. The zero-order chi connectivity index (χ0) is 16.8. The van der Waals surface area contributed by atoms with Crippen LogP contribution in [0.5, 0.6) is 5.75 Å². The lowest BCUT2D eigenvalue weighted by Gasteiger charge is -2.11. The lowest BCUT2D eigenvalue weighted by Crippen LogP contribution is -2.41. The van der Waals surface area contributed by atoms with Crippen LogP contribution in [-0.4, -0.2) is 40.2 Å². The molecule has 0 saturated carbocycles. The molecular weight excluding hydrogens is 300 g/mol. The number of ether oxygens (including phenoxy) is 1. The molecule has 8 heteroatoms. The molecule has 2 amide bonds. The number of nitrogens with one attached hydrogen (secondary N) is 2. The van der Waals surface area contributed by atoms with Crippen LogP contribution >= 0.6 is 0 Å². The smallest absolute Gasteiger partial charge is 0.325 e. The van der Waals surface area contributed by atoms with E-state index in [0.717, 1.165) is 5.56 Å². The molecule has 1 unspecified atom stereocenters. The number of nitrogens with zero attached hydrogens (tertiary/aromatic N) is 2. The number of methoxy groups -OCH3 is 1. The second-order valence-corrected chi connectivity index (χ2v) is 4.65. The number of hydrogen-bond acceptors (Lipinski definition) is 5. The molecule has 120 valence electrons. The Kier molecular flexibility index (Phi) is 5.08. The first kappa shape index (κ1) is 16.2. The zero-order valence-corrected chi connectivity index (χ0v) is 12.6. The number of carboxylic acids is 1. The van der Waals surface area contributed by atoms with Gasteiger partial charge in [-0.1, -0.05) is 12.1 Å². The van der Waals surface area contributed by atoms with Crippen molar-refractivity contribution in [3.8, 4) is 17.0 Å². The molecule has 3 N–H and O–H groups in total. The number of urea groups is 1. The third-order valence-electron chi connectivity index (χ3n) is 3.01. The van der Waals surface area contributed by atoms with E-state index in [1.165, 1.54) is 13.3 Å². The van der Waals surface area contributed by atoms with Crippen LogP contribution in [0.1, 0.15) is 6.92 Å². The molecule has 1 aromatic heterocycles. The van der Waals surface area contributed by atoms with Crippen LogP contribution in [0.3, 0.4) is 0 Å². The van der Waals surface area contributed by atoms with Crippen LogP contribution in [0, 0.1) is 0 Å². The maximum absolute atomic E-state index is 11.7. The summed E-state index contributed by atoms with van der Waals surface area (Å²) in [5.74, 6) is -0.241. The molecular formula is C15H16N4O4. The van der Waals surface area contributed by atoms with Crippen LogP contribution in [0.25, 0.3) is 11.3 Å². The van der Waals surface area contributed by atoms with E-state index in [9.17, 15) is 9.59 Å². The van der Waals surface area contributed by atoms with Crippen LogP contribution in [0.4, 0.5) is 10.6 Å². The molecule has 23 heavy (non-hydrogen) atoms. The Labute approximate surface area is 132 Å². The molecule has 2 rings (SSSR count). The van der Waals surface area contributed by atoms with Gasteiger partial charge in [0.25, 0.3) is 0 Å². The zero-order valence-electron chi connectivity index (χ0n) is 12.6. The van der Waals surface area contributed by atoms with Gasteiger partial charge in [-0.15, -0.1) is 0 Å². The van der Waals surface area contributed by atoms with Gasteiger partial charge in [-0.3, -0.25) is 10.1 Å². The van der Waals surface area contributed by atoms with Crippen molar-refractivity contribution in [2.45, 2.75) is 13.0 Å². The molecule has 1 aromatic carbocycles. The highest BCUT2D eigenvalue weighted by molar-refractivity contribution is 5.91. The second-order valence-electron chi connectivity index (χ2n) is 4.65. The Morgan fingerprint density at radius 2 is 2.00 bits per heavy atom. The van der Waals surface area contributed by atoms with E-state index in [1.54, 1.807) is 19.2 Å². The van der Waals surface area contributed by atoms with E-state index in [4.69, 9.17) is 9.84 Å². The van der Waals surface area contributed by atoms with Gasteiger partial charge in [-0.25, -0.2) is 14.8 Å². The Hall–Kier alpha value is -3.16. The number of carbonyl (C=O) groups excluding carboxylic acids is 1. The Morgan fingerprint density at radius 3 is 2.70 bits per heavy atom. The van der Waals surface area contributed by atoms with E-state index in [0.29, 0.717) is 11.4 Å². The average Bonchev–Trinajstić information content (AvgIpc) is 2.54. The van der Waals surface area contributed by atoms with E-state index in [-0.39, 0.29) is 5.82 Å². The van der Waals surface area contributed by atoms with Gasteiger partial charge in [-0.2, -0.15) is 0 Å². The predicted molar refractivity (Wildman–Crippen MR) is 83.3 cm³/mol. The topological polar surface area (TPSA) is 113 Å². The van der Waals surface area contributed by atoms with Crippen LogP contribution in [-0.2, 0) is 4.79 Å². The van der Waals surface area contributed by atoms with E-state index in [1.807, 2.05) is 18.2 Å². The fourth-order valence-corrected chi connectivity index (χ4v) is 1.84. The first-order chi connectivity index (χ1) is 11.0. The van der Waals surface area contributed by atoms with Crippen molar-refractivity contribution in [2.75, 3.05) is 12.4 Å². The van der Waals surface area contributed by atoms with Gasteiger partial charge < -0.3 is 15.2 Å². The standard InChI is InChI=1S/C15H16N4O4/c1-9(14(20)21)18-15(22)19-13-7-11(16-8-17-13)10-5-3-4-6-12(10)23-2/h3-9H,1-2H3,(H,20,21)(H2,16,17,18,19,22). The first-order valence-electron chi connectivity index (χ1n) is 6.77. The Bertz CT molecular complexity index is 720. The van der Waals surface area contributed by atoms with Crippen molar-refractivity contribution in [2.24, 2.45) is 0 Å². The third-order valence-corrected chi connectivity index (χ3v) is 3.01. The lowest BCUT2D eigenvalue weighted by atomic mass is 10.1. The molecule has 0 radical (unpaired) electrons. The Morgan fingerprint density at radius 1 is 1.26 bits per heavy atom. The number of carbonyl (C=O) groups is 2. The van der Waals surface area contributed by atoms with Crippen molar-refractivity contribution in [3.63, 3.8) is 0 Å². The van der Waals surface area contributed by atoms with E-state index < -0.39 is 18.0 Å². The van der Waals surface area contributed by atoms with Crippen LogP contribution in [0.15, 0.2) is 36.7 Å². The number of para-hydroxylation sites is 1. The van der Waals surface area contributed by atoms with Crippen molar-refractivity contribution < 1.29 is 19.4 Å². The number of aromatic nitrogens is 2. The largest absolute Gasteiger partial charge is 0.496 e. The minimum atomic E-state index is -1.13. The van der Waals surface area contributed by atoms with Gasteiger partial charge in [0.15, 0.2) is 0 Å². The molecule has 0 aliphatic heterocycles. The third kappa shape index (κ3) is 4.16. The summed E-state index contributed by atoms with van der Waals surface area (Å²) < 4.78 is 5.27. The highest BCUT2D eigenvalue weighted by Crippen LogP contribution is 2.28. The van der Waals surface area contributed by atoms with Crippen molar-refractivity contribution in [1.82, 2.24) is 15.3 Å². The summed E-state index contributed by atoms with van der Waals surface area (Å²) in [6, 6.07) is 7.21. The molecule has 1 heterocycles. The molecule has 0 spiro atoms. The highest BCUT2D eigenvalue weighted by Gasteiger charge is 2.14. The maximum atomic E-state index is 11.7. The summed E-state index contributed by atoms with van der Waals surface area (Å²) in [5, 5.41) is 13.5. The number of aliphatic carboxylic acids is 1. The van der Waals surface area contributed by atoms with Gasteiger partial charge in [0.2, 0.25) is 0 Å². The highest BCUT2D eigenvalue weighted by atomic mass is 16.5. The molecule has 8 nitrogen and oxygen atoms in total. The monoisotopic (exact) mass is 316 g/mol. The average molecular weight is 316 g/mol. The van der Waals surface area contributed by atoms with E-state index in [2.05, 4.69) is 20.6 Å². The van der Waals surface area contributed by atoms with Gasteiger partial charge >= 0.3 is 12.0 Å². The summed E-state index contributed by atoms with van der Waals surface area (Å²) in [4.78, 5) is 30.5. The number of amides is 2. The number of hydrogen-bond donors (Lipinski definition) is 3. The number of anilines is 1. The number of rotatable bonds is 5. The number of carboxylic acid groups (broad SMARTS) is 1. The molecule has 0 bridgehead atoms. The quantitative estimate of drug-likeness (QED) is 0.774. The molecule has 0 aliphatic rings. The molecule has 2 aromatic rings. The summed E-state index contributed by atoms with van der Waals surface area (Å²) >= 11 is 0. The summed E-state index contributed by atoms with van der Waals surface area (Å²) in [6.45, 7) is 1.36. The van der Waals surface area contributed by atoms with Crippen molar-refractivity contribution >= 4 is 17.8 Å². The fraction of sp³-hybridized carbons (Fsp3) is 0.200. The molecule has 1 atom stereocenters. The van der Waals surface area contributed by atoms with Gasteiger partial charge in [0.05, 0.1) is 12.8 Å². The minimum Gasteiger partial charge on any atom is -0.496 e. The number of benzene rings is 1. The Balaban J connectivity index is 2.17. The SMILES string of the molecule is COc1ccccc1-c1cc(NC(=O)NC(C)C(=O)O)ncn1. The van der Waals surface area contributed by atoms with Crippen molar-refractivity contribution in [3.05, 3.63) is 36.7 Å². The molecule has 0 aliphatic carbocycles. The molecule has 0 saturated heterocycles. The van der Waals surface area contributed by atoms with Crippen LogP contribution < -0.4 is 15.4 Å². The van der Waals surface area contributed by atoms with Gasteiger partial charge in [0, 0.05) is 11.6 Å². The normalized spacial score (nSPS) is 11.4. The minimum absolute atomic E-state index is 0.246. The lowest BCUT2D eigenvalue weighted by molar-refractivity contribution is -0.138. The second kappa shape index (κ2) is 7.21. The van der Waals surface area contributed by atoms with Gasteiger partial charge in [0.1, 0.15) is 23.9 Å². The van der Waals surface area contributed by atoms with Crippen molar-refractivity contribution in [1.29, 1.82) is 0 Å². The fourth-order valence-electron chi connectivity index (χ4n) is 1.84. The first-order valence-corrected chi connectivity index (χ1v) is 6.77. The van der Waals surface area contributed by atoms with Crippen LogP contribution in [0.2, 0.25) is 0 Å². The summed E-state index contributed by atoms with van der Waals surface area (Å²) in [7, 11) is 1.56. The summed E-state index contributed by atoms with van der Waals surface area (Å²) in [6.07, 6.45) is 1.30. The van der Waals surface area contributed by atoms with Gasteiger partial charge in [-0.05, 0) is 19.1 Å². The maximum Gasteiger partial charge on any atom is 0.325 e. The summed E-state index contributed by atoms with van der Waals surface area (Å²) in [5.41, 5.74) is 1.32.